The predicted molar refractivity (Wildman–Crippen MR) is 103 cm³/mol. The van der Waals surface area contributed by atoms with Crippen molar-refractivity contribution < 1.29 is 18.8 Å². The van der Waals surface area contributed by atoms with Gasteiger partial charge in [0.2, 0.25) is 11.8 Å². The van der Waals surface area contributed by atoms with Gasteiger partial charge in [-0.3, -0.25) is 25.2 Å². The van der Waals surface area contributed by atoms with E-state index >= 15 is 0 Å². The van der Waals surface area contributed by atoms with Crippen LogP contribution in [0.4, 0.5) is 5.69 Å². The Hall–Kier alpha value is -3.09. The molecule has 1 atom stereocenters. The molecule has 1 aliphatic carbocycles. The molecular formula is C21H23N3O4. The Labute approximate surface area is 163 Å². The van der Waals surface area contributed by atoms with Crippen molar-refractivity contribution in [2.24, 2.45) is 5.92 Å². The van der Waals surface area contributed by atoms with Crippen molar-refractivity contribution in [2.45, 2.75) is 39.5 Å². The number of aryl methyl sites for hydroxylation is 4. The van der Waals surface area contributed by atoms with Gasteiger partial charge >= 0.3 is 0 Å². The van der Waals surface area contributed by atoms with Gasteiger partial charge in [-0.15, -0.1) is 0 Å². The Morgan fingerprint density at radius 1 is 1.11 bits per heavy atom. The molecular weight excluding hydrogens is 358 g/mol. The minimum atomic E-state index is -0.506. The monoisotopic (exact) mass is 381 g/mol. The second-order valence-electron chi connectivity index (χ2n) is 7.48. The average molecular weight is 381 g/mol. The summed E-state index contributed by atoms with van der Waals surface area (Å²) in [4.78, 5) is 38.8. The largest absolute Gasteiger partial charge is 0.466 e. The number of nitrogens with zero attached hydrogens (tertiary/aromatic N) is 1. The van der Waals surface area contributed by atoms with Crippen LogP contribution >= 0.6 is 0 Å². The van der Waals surface area contributed by atoms with Gasteiger partial charge in [0.25, 0.3) is 5.91 Å². The molecule has 7 nitrogen and oxygen atoms in total. The summed E-state index contributed by atoms with van der Waals surface area (Å²) >= 11 is 0. The number of rotatable bonds is 3. The third-order valence-corrected chi connectivity index (χ3v) is 5.47. The first kappa shape index (κ1) is 18.3. The number of carbonyl (C=O) groups is 3. The van der Waals surface area contributed by atoms with Crippen LogP contribution in [0, 0.1) is 19.8 Å². The molecule has 2 N–H and O–H groups in total. The van der Waals surface area contributed by atoms with E-state index in [9.17, 15) is 14.4 Å². The third kappa shape index (κ3) is 3.40. The lowest BCUT2D eigenvalue weighted by atomic mass is 10.1. The van der Waals surface area contributed by atoms with Crippen LogP contribution in [0.25, 0.3) is 0 Å². The summed E-state index contributed by atoms with van der Waals surface area (Å²) in [7, 11) is 0. The number of nitrogens with one attached hydrogen (secondary N) is 2. The fourth-order valence-corrected chi connectivity index (χ4v) is 4.00. The number of hydrazine groups is 1. The maximum Gasteiger partial charge on any atom is 0.273 e. The zero-order valence-corrected chi connectivity index (χ0v) is 16.0. The second kappa shape index (κ2) is 7.14. The van der Waals surface area contributed by atoms with Gasteiger partial charge < -0.3 is 9.32 Å². The molecule has 0 saturated carbocycles. The molecule has 2 aliphatic rings. The maximum absolute atomic E-state index is 12.5. The Morgan fingerprint density at radius 2 is 1.89 bits per heavy atom. The van der Waals surface area contributed by atoms with Gasteiger partial charge in [-0.1, -0.05) is 6.07 Å². The lowest BCUT2D eigenvalue weighted by molar-refractivity contribution is -0.126. The highest BCUT2D eigenvalue weighted by molar-refractivity contribution is 6.01. The van der Waals surface area contributed by atoms with Crippen LogP contribution in [0.1, 0.15) is 45.8 Å². The molecule has 1 unspecified atom stereocenters. The first-order valence-electron chi connectivity index (χ1n) is 9.52. The Morgan fingerprint density at radius 3 is 2.64 bits per heavy atom. The molecule has 1 aromatic carbocycles. The normalized spacial score (nSPS) is 18.3. The van der Waals surface area contributed by atoms with E-state index in [0.717, 1.165) is 24.9 Å². The minimum Gasteiger partial charge on any atom is -0.466 e. The quantitative estimate of drug-likeness (QED) is 0.798. The maximum atomic E-state index is 12.5. The summed E-state index contributed by atoms with van der Waals surface area (Å²) in [6, 6.07) is 7.71. The van der Waals surface area contributed by atoms with Crippen molar-refractivity contribution >= 4 is 23.4 Å². The second-order valence-corrected chi connectivity index (χ2v) is 7.48. The van der Waals surface area contributed by atoms with Gasteiger partial charge in [0.1, 0.15) is 11.5 Å². The average Bonchev–Trinajstić information content (AvgIpc) is 3.37. The molecule has 4 rings (SSSR count). The fraction of sp³-hybridized carbons (Fsp3) is 0.381. The molecule has 2 heterocycles. The van der Waals surface area contributed by atoms with Crippen molar-refractivity contribution in [3.8, 4) is 0 Å². The highest BCUT2D eigenvalue weighted by atomic mass is 16.3. The van der Waals surface area contributed by atoms with Crippen LogP contribution < -0.4 is 15.8 Å². The molecule has 1 aliphatic heterocycles. The number of anilines is 1. The third-order valence-electron chi connectivity index (χ3n) is 5.47. The number of furan rings is 1. The van der Waals surface area contributed by atoms with Crippen molar-refractivity contribution in [2.75, 3.05) is 11.4 Å². The Bertz CT molecular complexity index is 963. The predicted octanol–water partition coefficient (Wildman–Crippen LogP) is 2.20. The highest BCUT2D eigenvalue weighted by Gasteiger charge is 2.35. The van der Waals surface area contributed by atoms with E-state index in [0.29, 0.717) is 23.6 Å². The SMILES string of the molecule is Cc1cc(C(=O)NNC(=O)C2CC(=O)N(c3ccc4c(c3)CCC4)C2)c(C)o1. The first-order chi connectivity index (χ1) is 13.4. The molecule has 0 radical (unpaired) electrons. The lowest BCUT2D eigenvalue weighted by Crippen LogP contribution is -2.45. The van der Waals surface area contributed by atoms with Crippen LogP contribution in [-0.4, -0.2) is 24.3 Å². The van der Waals surface area contributed by atoms with E-state index in [1.54, 1.807) is 24.8 Å². The van der Waals surface area contributed by atoms with Gasteiger partial charge in [0.05, 0.1) is 11.5 Å². The van der Waals surface area contributed by atoms with Gasteiger partial charge in [-0.05, 0) is 62.4 Å². The van der Waals surface area contributed by atoms with Gasteiger partial charge in [0.15, 0.2) is 0 Å². The zero-order valence-electron chi connectivity index (χ0n) is 16.0. The van der Waals surface area contributed by atoms with Gasteiger partial charge in [0, 0.05) is 18.7 Å². The highest BCUT2D eigenvalue weighted by Crippen LogP contribution is 2.30. The summed E-state index contributed by atoms with van der Waals surface area (Å²) in [6.45, 7) is 3.75. The molecule has 1 fully saturated rings. The molecule has 2 aromatic rings. The van der Waals surface area contributed by atoms with Crippen LogP contribution in [-0.2, 0) is 22.4 Å². The van der Waals surface area contributed by atoms with E-state index < -0.39 is 11.8 Å². The Balaban J connectivity index is 1.37. The summed E-state index contributed by atoms with van der Waals surface area (Å²) in [6.07, 6.45) is 3.40. The Kier molecular flexibility index (Phi) is 4.66. The number of hydrogen-bond donors (Lipinski definition) is 2. The van der Waals surface area contributed by atoms with Crippen molar-refractivity contribution in [1.29, 1.82) is 0 Å². The summed E-state index contributed by atoms with van der Waals surface area (Å²) in [5.74, 6) is -0.284. The van der Waals surface area contributed by atoms with Gasteiger partial charge in [-0.2, -0.15) is 0 Å². The van der Waals surface area contributed by atoms with Crippen LogP contribution in [0.5, 0.6) is 0 Å². The van der Waals surface area contributed by atoms with Crippen LogP contribution in [0.15, 0.2) is 28.7 Å². The van der Waals surface area contributed by atoms with Crippen molar-refractivity contribution in [1.82, 2.24) is 10.9 Å². The number of fused-ring (bicyclic) bond motifs is 1. The smallest absolute Gasteiger partial charge is 0.273 e. The van der Waals surface area contributed by atoms with Crippen molar-refractivity contribution in [3.05, 3.63) is 52.5 Å². The molecule has 0 spiro atoms. The minimum absolute atomic E-state index is 0.0780. The number of carbonyl (C=O) groups excluding carboxylic acids is 3. The van der Waals surface area contributed by atoms with E-state index in [1.165, 1.54) is 11.1 Å². The molecule has 7 heteroatoms. The summed E-state index contributed by atoms with van der Waals surface area (Å²) < 4.78 is 5.33. The van der Waals surface area contributed by atoms with Crippen LogP contribution in [0.3, 0.4) is 0 Å². The molecule has 1 aromatic heterocycles. The molecule has 28 heavy (non-hydrogen) atoms. The summed E-state index contributed by atoms with van der Waals surface area (Å²) in [5.41, 5.74) is 8.69. The summed E-state index contributed by atoms with van der Waals surface area (Å²) in [5, 5.41) is 0. The molecule has 0 bridgehead atoms. The number of amides is 3. The van der Waals surface area contributed by atoms with E-state index in [2.05, 4.69) is 23.0 Å². The van der Waals surface area contributed by atoms with E-state index in [4.69, 9.17) is 4.42 Å². The molecule has 3 amide bonds. The number of benzene rings is 1. The lowest BCUT2D eigenvalue weighted by Gasteiger charge is -2.18. The van der Waals surface area contributed by atoms with E-state index in [1.807, 2.05) is 6.07 Å². The fourth-order valence-electron chi connectivity index (χ4n) is 4.00. The number of hydrogen-bond acceptors (Lipinski definition) is 4. The molecule has 146 valence electrons. The topological polar surface area (TPSA) is 91.7 Å². The standard InChI is InChI=1S/C21H23N3O4/c1-12-8-18(13(2)28-12)21(27)23-22-20(26)16-10-19(25)24(11-16)17-7-6-14-4-3-5-15(14)9-17/h6-9,16H,3-5,10-11H2,1-2H3,(H,22,26)(H,23,27). The van der Waals surface area contributed by atoms with Gasteiger partial charge in [-0.25, -0.2) is 0 Å². The molecule has 1 saturated heterocycles. The first-order valence-corrected chi connectivity index (χ1v) is 9.52. The zero-order chi connectivity index (χ0) is 19.8. The van der Waals surface area contributed by atoms with Crippen LogP contribution in [0.2, 0.25) is 0 Å². The van der Waals surface area contributed by atoms with E-state index in [-0.39, 0.29) is 18.2 Å². The van der Waals surface area contributed by atoms with Crippen molar-refractivity contribution in [3.63, 3.8) is 0 Å².